The number of likely N-dealkylation sites (N-methyl/N-ethyl adjacent to an activating group) is 1. The molecule has 0 aliphatic carbocycles. The molecule has 0 bridgehead atoms. The molecule has 2 N–H and O–H groups in total. The molecule has 0 radical (unpaired) electrons. The van der Waals surface area contributed by atoms with Gasteiger partial charge in [0.1, 0.15) is 0 Å². The van der Waals surface area contributed by atoms with Crippen LogP contribution in [0.2, 0.25) is 9.36 Å². The number of nitrogens with two attached hydrogens (primary N) is 1. The van der Waals surface area contributed by atoms with E-state index in [2.05, 4.69) is 18.0 Å². The van der Waals surface area contributed by atoms with E-state index in [1.165, 1.54) is 10.4 Å². The molecule has 20 heavy (non-hydrogen) atoms. The number of rotatable bonds is 5. The maximum absolute atomic E-state index is 6.17. The molecule has 5 heteroatoms. The first-order chi connectivity index (χ1) is 9.47. The molecule has 2 nitrogen and oxygen atoms in total. The molecule has 0 amide bonds. The van der Waals surface area contributed by atoms with Gasteiger partial charge in [-0.05, 0) is 43.8 Å². The zero-order valence-electron chi connectivity index (χ0n) is 11.5. The highest BCUT2D eigenvalue weighted by atomic mass is 35.5. The van der Waals surface area contributed by atoms with Crippen molar-refractivity contribution in [1.82, 2.24) is 4.90 Å². The van der Waals surface area contributed by atoms with E-state index in [1.807, 2.05) is 37.3 Å². The molecule has 0 aliphatic heterocycles. The Hall–Kier alpha value is -0.580. The zero-order valence-corrected chi connectivity index (χ0v) is 13.8. The fourth-order valence-corrected chi connectivity index (χ4v) is 3.68. The van der Waals surface area contributed by atoms with Crippen LogP contribution >= 0.6 is 34.5 Å². The number of halogens is 2. The van der Waals surface area contributed by atoms with Gasteiger partial charge in [0.25, 0.3) is 0 Å². The smallest absolute Gasteiger partial charge is 0.0931 e. The SMILES string of the molecule is CC(N)C(c1ccc(Cl)cc1)N(C)Cc1ccc(Cl)s1. The van der Waals surface area contributed by atoms with Gasteiger partial charge in [-0.25, -0.2) is 0 Å². The van der Waals surface area contributed by atoms with Crippen LogP contribution in [0.4, 0.5) is 0 Å². The van der Waals surface area contributed by atoms with Gasteiger partial charge in [-0.3, -0.25) is 4.90 Å². The Morgan fingerprint density at radius 1 is 1.15 bits per heavy atom. The number of hydrogen-bond donors (Lipinski definition) is 1. The maximum Gasteiger partial charge on any atom is 0.0931 e. The summed E-state index contributed by atoms with van der Waals surface area (Å²) in [5.74, 6) is 0. The lowest BCUT2D eigenvalue weighted by Gasteiger charge is -2.31. The molecule has 1 aromatic heterocycles. The fourth-order valence-electron chi connectivity index (χ4n) is 2.40. The molecular formula is C15H18Cl2N2S. The van der Waals surface area contributed by atoms with Crippen molar-refractivity contribution < 1.29 is 0 Å². The zero-order chi connectivity index (χ0) is 14.7. The van der Waals surface area contributed by atoms with Crippen LogP contribution in [0.5, 0.6) is 0 Å². The van der Waals surface area contributed by atoms with Gasteiger partial charge in [0.15, 0.2) is 0 Å². The van der Waals surface area contributed by atoms with Gasteiger partial charge in [0, 0.05) is 28.5 Å². The number of thiophene rings is 1. The summed E-state index contributed by atoms with van der Waals surface area (Å²) in [4.78, 5) is 3.48. The van der Waals surface area contributed by atoms with Crippen LogP contribution in [0, 0.1) is 0 Å². The molecule has 108 valence electrons. The first kappa shape index (κ1) is 15.8. The lowest BCUT2D eigenvalue weighted by atomic mass is 9.99. The highest BCUT2D eigenvalue weighted by Gasteiger charge is 2.21. The Labute approximate surface area is 134 Å². The van der Waals surface area contributed by atoms with Crippen LogP contribution in [0.3, 0.4) is 0 Å². The summed E-state index contributed by atoms with van der Waals surface area (Å²) in [6.07, 6.45) is 0. The van der Waals surface area contributed by atoms with Crippen molar-refractivity contribution in [3.05, 3.63) is 56.2 Å². The van der Waals surface area contributed by atoms with E-state index >= 15 is 0 Å². The quantitative estimate of drug-likeness (QED) is 0.870. The molecule has 1 heterocycles. The predicted octanol–water partition coefficient (Wildman–Crippen LogP) is 4.58. The molecule has 1 aromatic carbocycles. The standard InChI is InChI=1S/C15H18Cl2N2S/c1-10(18)15(11-3-5-12(16)6-4-11)19(2)9-13-7-8-14(17)20-13/h3-8,10,15H,9,18H2,1-2H3. The third-order valence-corrected chi connectivity index (χ3v) is 4.69. The lowest BCUT2D eigenvalue weighted by molar-refractivity contribution is 0.212. The van der Waals surface area contributed by atoms with Crippen molar-refractivity contribution >= 4 is 34.5 Å². The minimum atomic E-state index is 0.0246. The number of benzene rings is 1. The monoisotopic (exact) mass is 328 g/mol. The Balaban J connectivity index is 2.17. The topological polar surface area (TPSA) is 29.3 Å². The average molecular weight is 329 g/mol. The molecular weight excluding hydrogens is 311 g/mol. The molecule has 2 rings (SSSR count). The third-order valence-electron chi connectivity index (χ3n) is 3.22. The van der Waals surface area contributed by atoms with Crippen molar-refractivity contribution in [2.75, 3.05) is 7.05 Å². The second-order valence-corrected chi connectivity index (χ2v) is 7.21. The molecule has 0 spiro atoms. The number of hydrogen-bond acceptors (Lipinski definition) is 3. The first-order valence-electron chi connectivity index (χ1n) is 6.43. The molecule has 2 aromatic rings. The normalized spacial score (nSPS) is 14.5. The maximum atomic E-state index is 6.17. The van der Waals surface area contributed by atoms with Crippen LogP contribution < -0.4 is 5.73 Å². The highest BCUT2D eigenvalue weighted by Crippen LogP contribution is 2.28. The molecule has 0 aliphatic rings. The predicted molar refractivity (Wildman–Crippen MR) is 88.6 cm³/mol. The van der Waals surface area contributed by atoms with E-state index in [1.54, 1.807) is 11.3 Å². The van der Waals surface area contributed by atoms with Gasteiger partial charge < -0.3 is 5.73 Å². The van der Waals surface area contributed by atoms with Crippen LogP contribution in [0.25, 0.3) is 0 Å². The second-order valence-electron chi connectivity index (χ2n) is 4.98. The highest BCUT2D eigenvalue weighted by molar-refractivity contribution is 7.16. The van der Waals surface area contributed by atoms with Crippen LogP contribution in [-0.4, -0.2) is 18.0 Å². The van der Waals surface area contributed by atoms with Gasteiger partial charge in [0.05, 0.1) is 4.34 Å². The van der Waals surface area contributed by atoms with Crippen LogP contribution in [0.1, 0.15) is 23.4 Å². The van der Waals surface area contributed by atoms with Crippen molar-refractivity contribution in [3.63, 3.8) is 0 Å². The van der Waals surface area contributed by atoms with E-state index in [0.29, 0.717) is 0 Å². The van der Waals surface area contributed by atoms with Crippen molar-refractivity contribution in [2.45, 2.75) is 25.6 Å². The molecule has 0 fully saturated rings. The first-order valence-corrected chi connectivity index (χ1v) is 8.00. The van der Waals surface area contributed by atoms with Gasteiger partial charge >= 0.3 is 0 Å². The minimum Gasteiger partial charge on any atom is -0.326 e. The minimum absolute atomic E-state index is 0.0246. The van der Waals surface area contributed by atoms with Gasteiger partial charge in [-0.1, -0.05) is 35.3 Å². The van der Waals surface area contributed by atoms with Crippen molar-refractivity contribution in [3.8, 4) is 0 Å². The second kappa shape index (κ2) is 6.92. The largest absolute Gasteiger partial charge is 0.326 e. The van der Waals surface area contributed by atoms with Gasteiger partial charge in [-0.15, -0.1) is 11.3 Å². The number of nitrogens with zero attached hydrogens (tertiary/aromatic N) is 1. The van der Waals surface area contributed by atoms with Crippen LogP contribution in [0.15, 0.2) is 36.4 Å². The van der Waals surface area contributed by atoms with Crippen LogP contribution in [-0.2, 0) is 6.54 Å². The Morgan fingerprint density at radius 3 is 2.30 bits per heavy atom. The fraction of sp³-hybridized carbons (Fsp3) is 0.333. The summed E-state index contributed by atoms with van der Waals surface area (Å²) in [5, 5.41) is 0.741. The van der Waals surface area contributed by atoms with Gasteiger partial charge in [-0.2, -0.15) is 0 Å². The molecule has 2 unspecified atom stereocenters. The van der Waals surface area contributed by atoms with E-state index in [-0.39, 0.29) is 12.1 Å². The summed E-state index contributed by atoms with van der Waals surface area (Å²) < 4.78 is 0.817. The molecule has 0 saturated heterocycles. The summed E-state index contributed by atoms with van der Waals surface area (Å²) >= 11 is 13.5. The van der Waals surface area contributed by atoms with Crippen molar-refractivity contribution in [2.24, 2.45) is 5.73 Å². The summed E-state index contributed by atoms with van der Waals surface area (Å²) in [6, 6.07) is 12.0. The molecule has 0 saturated carbocycles. The van der Waals surface area contributed by atoms with E-state index in [0.717, 1.165) is 15.9 Å². The summed E-state index contributed by atoms with van der Waals surface area (Å²) in [5.41, 5.74) is 7.34. The van der Waals surface area contributed by atoms with Gasteiger partial charge in [0.2, 0.25) is 0 Å². The third kappa shape index (κ3) is 3.96. The Bertz CT molecular complexity index is 551. The molecule has 2 atom stereocenters. The average Bonchev–Trinajstić information content (AvgIpc) is 2.77. The lowest BCUT2D eigenvalue weighted by Crippen LogP contribution is -2.36. The summed E-state index contributed by atoms with van der Waals surface area (Å²) in [7, 11) is 2.08. The van der Waals surface area contributed by atoms with E-state index in [9.17, 15) is 0 Å². The Kier molecular flexibility index (Phi) is 5.47. The van der Waals surface area contributed by atoms with E-state index < -0.39 is 0 Å². The summed E-state index contributed by atoms with van der Waals surface area (Å²) in [6.45, 7) is 2.85. The van der Waals surface area contributed by atoms with Crippen molar-refractivity contribution in [1.29, 1.82) is 0 Å². The Morgan fingerprint density at radius 2 is 1.80 bits per heavy atom. The van der Waals surface area contributed by atoms with E-state index in [4.69, 9.17) is 28.9 Å².